The second-order valence-corrected chi connectivity index (χ2v) is 7.91. The van der Waals surface area contributed by atoms with Crippen molar-refractivity contribution in [1.82, 2.24) is 15.8 Å². The Balaban J connectivity index is 1.60. The average Bonchev–Trinajstić information content (AvgIpc) is 3.26. The Morgan fingerprint density at radius 2 is 1.97 bits per heavy atom. The van der Waals surface area contributed by atoms with Gasteiger partial charge in [0.15, 0.2) is 11.7 Å². The van der Waals surface area contributed by atoms with Gasteiger partial charge in [0.25, 0.3) is 0 Å². The maximum atomic E-state index is 6.12. The summed E-state index contributed by atoms with van der Waals surface area (Å²) in [6.45, 7) is 9.38. The summed E-state index contributed by atoms with van der Waals surface area (Å²) in [5.41, 5.74) is 2.29. The number of ether oxygens (including phenoxy) is 1. The summed E-state index contributed by atoms with van der Waals surface area (Å²) >= 11 is 0. The Labute approximate surface area is 180 Å². The number of hydrogen-bond acceptors (Lipinski definition) is 4. The summed E-state index contributed by atoms with van der Waals surface area (Å²) in [7, 11) is 0. The van der Waals surface area contributed by atoms with Crippen LogP contribution >= 0.6 is 0 Å². The van der Waals surface area contributed by atoms with E-state index in [0.29, 0.717) is 18.4 Å². The van der Waals surface area contributed by atoms with E-state index in [1.54, 1.807) is 0 Å². The minimum absolute atomic E-state index is 0.132. The number of nitrogens with one attached hydrogen (secondary N) is 2. The molecule has 0 radical (unpaired) electrons. The van der Waals surface area contributed by atoms with Crippen LogP contribution in [0.1, 0.15) is 75.5 Å². The molecule has 0 spiro atoms. The van der Waals surface area contributed by atoms with Gasteiger partial charge in [-0.2, -0.15) is 0 Å². The van der Waals surface area contributed by atoms with Gasteiger partial charge in [0.1, 0.15) is 6.54 Å². The van der Waals surface area contributed by atoms with Gasteiger partial charge in [-0.3, -0.25) is 0 Å². The molecular formula is C24H36N4O2. The van der Waals surface area contributed by atoms with Crippen LogP contribution in [0.2, 0.25) is 0 Å². The van der Waals surface area contributed by atoms with Crippen LogP contribution in [-0.2, 0) is 11.3 Å². The maximum absolute atomic E-state index is 6.12. The molecule has 1 fully saturated rings. The van der Waals surface area contributed by atoms with Crippen molar-refractivity contribution in [3.8, 4) is 0 Å². The molecule has 0 saturated carbocycles. The molecule has 2 atom stereocenters. The minimum atomic E-state index is 0.132. The monoisotopic (exact) mass is 412 g/mol. The number of aliphatic imine (C=N–C) groups is 1. The van der Waals surface area contributed by atoms with Crippen molar-refractivity contribution in [2.45, 2.75) is 65.0 Å². The Hall–Kier alpha value is -2.34. The van der Waals surface area contributed by atoms with Crippen molar-refractivity contribution < 1.29 is 9.26 Å². The first-order valence-corrected chi connectivity index (χ1v) is 11.4. The highest BCUT2D eigenvalue weighted by molar-refractivity contribution is 5.79. The molecule has 0 aliphatic carbocycles. The van der Waals surface area contributed by atoms with Crippen LogP contribution in [-0.4, -0.2) is 30.8 Å². The Bertz CT molecular complexity index is 771. The molecule has 2 heterocycles. The van der Waals surface area contributed by atoms with E-state index in [1.807, 2.05) is 12.1 Å². The zero-order valence-corrected chi connectivity index (χ0v) is 18.6. The predicted octanol–water partition coefficient (Wildman–Crippen LogP) is 4.80. The third kappa shape index (κ3) is 6.08. The second-order valence-electron chi connectivity index (χ2n) is 7.91. The number of rotatable bonds is 9. The van der Waals surface area contributed by atoms with Crippen LogP contribution in [0.3, 0.4) is 0 Å². The molecule has 2 aromatic rings. The molecule has 1 aliphatic heterocycles. The molecule has 6 nitrogen and oxygen atoms in total. The first kappa shape index (κ1) is 22.3. The smallest absolute Gasteiger partial charge is 0.191 e. The minimum Gasteiger partial charge on any atom is -0.373 e. The van der Waals surface area contributed by atoms with Gasteiger partial charge in [0.2, 0.25) is 0 Å². The van der Waals surface area contributed by atoms with Crippen molar-refractivity contribution in [3.63, 3.8) is 0 Å². The van der Waals surface area contributed by atoms with Crippen molar-refractivity contribution in [2.24, 2.45) is 10.9 Å². The molecule has 0 bridgehead atoms. The fraction of sp³-hybridized carbons (Fsp3) is 0.583. The highest BCUT2D eigenvalue weighted by Gasteiger charge is 2.27. The van der Waals surface area contributed by atoms with Gasteiger partial charge in [-0.05, 0) is 38.2 Å². The topological polar surface area (TPSA) is 71.7 Å². The first-order valence-electron chi connectivity index (χ1n) is 11.4. The molecule has 2 unspecified atom stereocenters. The predicted molar refractivity (Wildman–Crippen MR) is 121 cm³/mol. The van der Waals surface area contributed by atoms with Crippen molar-refractivity contribution in [2.75, 3.05) is 19.7 Å². The van der Waals surface area contributed by atoms with Crippen molar-refractivity contribution in [3.05, 3.63) is 53.4 Å². The summed E-state index contributed by atoms with van der Waals surface area (Å²) in [4.78, 5) is 4.71. The standard InChI is InChI=1S/C24H36N4O2/c1-4-18(5-2)22-15-21(30-28-22)17-27-24(25-6-3)26-16-20-13-10-14-29-23(20)19-11-8-7-9-12-19/h7-9,11-12,15,18,20,23H,4-6,10,13-14,16-17H2,1-3H3,(H2,25,26,27). The van der Waals surface area contributed by atoms with E-state index in [2.05, 4.69) is 60.8 Å². The second kappa shape index (κ2) is 11.7. The van der Waals surface area contributed by atoms with Gasteiger partial charge in [0, 0.05) is 37.6 Å². The lowest BCUT2D eigenvalue weighted by Gasteiger charge is -2.32. The molecule has 1 aliphatic rings. The third-order valence-corrected chi connectivity index (χ3v) is 5.82. The fourth-order valence-corrected chi connectivity index (χ4v) is 4.09. The van der Waals surface area contributed by atoms with Crippen LogP contribution in [0, 0.1) is 5.92 Å². The average molecular weight is 413 g/mol. The zero-order chi connectivity index (χ0) is 21.2. The summed E-state index contributed by atoms with van der Waals surface area (Å²) in [6, 6.07) is 12.6. The van der Waals surface area contributed by atoms with Crippen LogP contribution < -0.4 is 10.6 Å². The van der Waals surface area contributed by atoms with E-state index in [9.17, 15) is 0 Å². The van der Waals surface area contributed by atoms with E-state index >= 15 is 0 Å². The molecule has 1 aromatic carbocycles. The number of hydrogen-bond donors (Lipinski definition) is 2. The number of benzene rings is 1. The quantitative estimate of drug-likeness (QED) is 0.457. The number of aromatic nitrogens is 1. The van der Waals surface area contributed by atoms with Gasteiger partial charge in [0.05, 0.1) is 11.8 Å². The molecule has 3 rings (SSSR count). The lowest BCUT2D eigenvalue weighted by Crippen LogP contribution is -2.42. The maximum Gasteiger partial charge on any atom is 0.191 e. The Morgan fingerprint density at radius 3 is 2.70 bits per heavy atom. The first-order chi connectivity index (χ1) is 14.7. The molecular weight excluding hydrogens is 376 g/mol. The van der Waals surface area contributed by atoms with E-state index in [4.69, 9.17) is 14.3 Å². The van der Waals surface area contributed by atoms with Gasteiger partial charge in [-0.1, -0.05) is 49.3 Å². The van der Waals surface area contributed by atoms with Gasteiger partial charge >= 0.3 is 0 Å². The van der Waals surface area contributed by atoms with E-state index < -0.39 is 0 Å². The highest BCUT2D eigenvalue weighted by Crippen LogP contribution is 2.33. The van der Waals surface area contributed by atoms with E-state index in [1.165, 1.54) is 5.56 Å². The molecule has 164 valence electrons. The van der Waals surface area contributed by atoms with Crippen molar-refractivity contribution >= 4 is 5.96 Å². The summed E-state index contributed by atoms with van der Waals surface area (Å²) < 4.78 is 11.6. The number of guanidine groups is 1. The summed E-state index contributed by atoms with van der Waals surface area (Å²) in [6.07, 6.45) is 4.52. The van der Waals surface area contributed by atoms with Gasteiger partial charge < -0.3 is 19.9 Å². The fourth-order valence-electron chi connectivity index (χ4n) is 4.09. The van der Waals surface area contributed by atoms with Crippen LogP contribution in [0.5, 0.6) is 0 Å². The largest absolute Gasteiger partial charge is 0.373 e. The number of nitrogens with zero attached hydrogens (tertiary/aromatic N) is 2. The van der Waals surface area contributed by atoms with E-state index in [0.717, 1.165) is 62.8 Å². The van der Waals surface area contributed by atoms with Crippen LogP contribution in [0.25, 0.3) is 0 Å². The van der Waals surface area contributed by atoms with E-state index in [-0.39, 0.29) is 6.10 Å². The van der Waals surface area contributed by atoms with Crippen LogP contribution in [0.4, 0.5) is 0 Å². The SMILES string of the molecule is CCNC(=NCc1cc(C(CC)CC)no1)NCC1CCCOC1c1ccccc1. The molecule has 1 saturated heterocycles. The zero-order valence-electron chi connectivity index (χ0n) is 18.6. The van der Waals surface area contributed by atoms with Crippen LogP contribution in [0.15, 0.2) is 45.9 Å². The van der Waals surface area contributed by atoms with Gasteiger partial charge in [-0.15, -0.1) is 0 Å². The molecule has 2 N–H and O–H groups in total. The third-order valence-electron chi connectivity index (χ3n) is 5.82. The lowest BCUT2D eigenvalue weighted by atomic mass is 9.89. The Morgan fingerprint density at radius 1 is 1.17 bits per heavy atom. The Kier molecular flexibility index (Phi) is 8.75. The normalized spacial score (nSPS) is 19.8. The molecule has 1 aromatic heterocycles. The molecule has 0 amide bonds. The molecule has 30 heavy (non-hydrogen) atoms. The lowest BCUT2D eigenvalue weighted by molar-refractivity contribution is -0.0265. The molecule has 6 heteroatoms. The van der Waals surface area contributed by atoms with Gasteiger partial charge in [-0.25, -0.2) is 4.99 Å². The highest BCUT2D eigenvalue weighted by atomic mass is 16.5. The van der Waals surface area contributed by atoms with Crippen molar-refractivity contribution in [1.29, 1.82) is 0 Å². The summed E-state index contributed by atoms with van der Waals surface area (Å²) in [5.74, 6) is 2.48. The summed E-state index contributed by atoms with van der Waals surface area (Å²) in [5, 5.41) is 11.1.